The second kappa shape index (κ2) is 5.38. The van der Waals surface area contributed by atoms with Crippen LogP contribution in [0.3, 0.4) is 0 Å². The summed E-state index contributed by atoms with van der Waals surface area (Å²) in [7, 11) is -0.0799. The van der Waals surface area contributed by atoms with Crippen LogP contribution in [0.1, 0.15) is 0 Å². The summed E-state index contributed by atoms with van der Waals surface area (Å²) in [6.45, 7) is 0. The second-order valence-electron chi connectivity index (χ2n) is 4.41. The van der Waals surface area contributed by atoms with Gasteiger partial charge in [0.15, 0.2) is 0 Å². The quantitative estimate of drug-likeness (QED) is 0.888. The van der Waals surface area contributed by atoms with E-state index in [1.165, 1.54) is 18.3 Å². The van der Waals surface area contributed by atoms with Crippen molar-refractivity contribution < 1.29 is 8.42 Å². The molecule has 2 aromatic rings. The molecule has 0 amide bonds. The Morgan fingerprint density at radius 2 is 1.80 bits per heavy atom. The molecule has 0 bridgehead atoms. The fraction of sp³-hybridized carbons (Fsp3) is 0.154. The van der Waals surface area contributed by atoms with E-state index in [2.05, 4.69) is 9.71 Å². The van der Waals surface area contributed by atoms with Crippen LogP contribution in [0.15, 0.2) is 52.3 Å². The third-order valence-corrected chi connectivity index (χ3v) is 4.06. The average Bonchev–Trinajstić information content (AvgIpc) is 2.39. The number of nitrogens with one attached hydrogen (secondary N) is 2. The maximum absolute atomic E-state index is 12.2. The number of pyridine rings is 1. The van der Waals surface area contributed by atoms with E-state index < -0.39 is 10.0 Å². The first kappa shape index (κ1) is 14.1. The molecule has 1 aromatic carbocycles. The zero-order valence-corrected chi connectivity index (χ0v) is 11.9. The zero-order valence-electron chi connectivity index (χ0n) is 11.1. The van der Waals surface area contributed by atoms with Crippen molar-refractivity contribution in [3.63, 3.8) is 0 Å². The lowest BCUT2D eigenvalue weighted by molar-refractivity contribution is 0.600. The Morgan fingerprint density at radius 1 is 1.10 bits per heavy atom. The molecule has 2 rings (SSSR count). The third-order valence-electron chi connectivity index (χ3n) is 2.70. The molecule has 1 heterocycles. The first-order chi connectivity index (χ1) is 9.40. The molecule has 0 spiro atoms. The summed E-state index contributed by atoms with van der Waals surface area (Å²) in [4.78, 5) is 15.1. The first-order valence-corrected chi connectivity index (χ1v) is 7.36. The molecule has 7 heteroatoms. The van der Waals surface area contributed by atoms with E-state index in [9.17, 15) is 13.2 Å². The van der Waals surface area contributed by atoms with Crippen molar-refractivity contribution in [3.05, 3.63) is 52.9 Å². The number of benzene rings is 1. The number of sulfonamides is 1. The average molecular weight is 293 g/mol. The minimum absolute atomic E-state index is 0.00524. The molecule has 0 aliphatic heterocycles. The monoisotopic (exact) mass is 293 g/mol. The van der Waals surface area contributed by atoms with Crippen LogP contribution in [0.4, 0.5) is 11.4 Å². The number of H-pyrrole nitrogens is 1. The number of anilines is 2. The van der Waals surface area contributed by atoms with Gasteiger partial charge in [-0.15, -0.1) is 0 Å². The lowest BCUT2D eigenvalue weighted by Crippen LogP contribution is -2.18. The number of hydrogen-bond acceptors (Lipinski definition) is 4. The summed E-state index contributed by atoms with van der Waals surface area (Å²) in [5.41, 5.74) is 0.877. The molecular formula is C13H15N3O3S. The highest BCUT2D eigenvalue weighted by Crippen LogP contribution is 2.25. The molecule has 0 aliphatic rings. The number of rotatable bonds is 4. The highest BCUT2D eigenvalue weighted by atomic mass is 32.2. The molecule has 1 aromatic heterocycles. The Bertz CT molecular complexity index is 746. The molecule has 0 unspecified atom stereocenters. The SMILES string of the molecule is CN(C)c1ccccc1NS(=O)(=O)c1ccc(=O)[nH]c1. The summed E-state index contributed by atoms with van der Waals surface area (Å²) in [5.74, 6) is 0. The highest BCUT2D eigenvalue weighted by Gasteiger charge is 2.16. The molecular weight excluding hydrogens is 278 g/mol. The maximum Gasteiger partial charge on any atom is 0.263 e. The molecule has 20 heavy (non-hydrogen) atoms. The van der Waals surface area contributed by atoms with Crippen molar-refractivity contribution in [2.75, 3.05) is 23.7 Å². The molecule has 2 N–H and O–H groups in total. The predicted octanol–water partition coefficient (Wildman–Crippen LogP) is 1.24. The van der Waals surface area contributed by atoms with Crippen LogP contribution in [0.2, 0.25) is 0 Å². The van der Waals surface area contributed by atoms with Crippen molar-refractivity contribution in [2.45, 2.75) is 4.90 Å². The standard InChI is InChI=1S/C13H15N3O3S/c1-16(2)12-6-4-3-5-11(12)15-20(18,19)10-7-8-13(17)14-9-10/h3-9,15H,1-2H3,(H,14,17). The number of para-hydroxylation sites is 2. The van der Waals surface area contributed by atoms with Gasteiger partial charge in [-0.25, -0.2) is 8.42 Å². The molecule has 106 valence electrons. The summed E-state index contributed by atoms with van der Waals surface area (Å²) in [5, 5.41) is 0. The molecule has 0 aliphatic carbocycles. The van der Waals surface area contributed by atoms with E-state index in [4.69, 9.17) is 0 Å². The van der Waals surface area contributed by atoms with Crippen molar-refractivity contribution in [1.82, 2.24) is 4.98 Å². The van der Waals surface area contributed by atoms with Crippen LogP contribution >= 0.6 is 0 Å². The van der Waals surface area contributed by atoms with E-state index in [0.717, 1.165) is 5.69 Å². The largest absolute Gasteiger partial charge is 0.376 e. The zero-order chi connectivity index (χ0) is 14.8. The van der Waals surface area contributed by atoms with E-state index >= 15 is 0 Å². The number of hydrogen-bond donors (Lipinski definition) is 2. The fourth-order valence-electron chi connectivity index (χ4n) is 1.72. The normalized spacial score (nSPS) is 11.1. The van der Waals surface area contributed by atoms with E-state index in [1.807, 2.05) is 31.1 Å². The van der Waals surface area contributed by atoms with Crippen LogP contribution in [0.25, 0.3) is 0 Å². The molecule has 0 saturated carbocycles. The van der Waals surface area contributed by atoms with Crippen LogP contribution in [0.5, 0.6) is 0 Å². The van der Waals surface area contributed by atoms with Gasteiger partial charge >= 0.3 is 0 Å². The van der Waals surface area contributed by atoms with Gasteiger partial charge in [0, 0.05) is 26.4 Å². The summed E-state index contributed by atoms with van der Waals surface area (Å²) in [6.07, 6.45) is 1.17. The Balaban J connectivity index is 2.38. The van der Waals surface area contributed by atoms with Crippen molar-refractivity contribution >= 4 is 21.4 Å². The smallest absolute Gasteiger partial charge is 0.263 e. The lowest BCUT2D eigenvalue weighted by Gasteiger charge is -2.18. The summed E-state index contributed by atoms with van der Waals surface area (Å²) >= 11 is 0. The van der Waals surface area contributed by atoms with Crippen LogP contribution in [0, 0.1) is 0 Å². The van der Waals surface area contributed by atoms with Crippen molar-refractivity contribution in [2.24, 2.45) is 0 Å². The topological polar surface area (TPSA) is 82.3 Å². The number of aromatic amines is 1. The Kier molecular flexibility index (Phi) is 3.80. The molecule has 0 radical (unpaired) electrons. The lowest BCUT2D eigenvalue weighted by atomic mass is 10.2. The summed E-state index contributed by atoms with van der Waals surface area (Å²) < 4.78 is 27.0. The van der Waals surface area contributed by atoms with Gasteiger partial charge in [0.2, 0.25) is 5.56 Å². The Labute approximate surface area is 117 Å². The van der Waals surface area contributed by atoms with Gasteiger partial charge in [0.25, 0.3) is 10.0 Å². The third kappa shape index (κ3) is 3.00. The summed E-state index contributed by atoms with van der Waals surface area (Å²) in [6, 6.07) is 9.50. The van der Waals surface area contributed by atoms with Gasteiger partial charge in [0.05, 0.1) is 11.4 Å². The predicted molar refractivity (Wildman–Crippen MR) is 78.6 cm³/mol. The Hall–Kier alpha value is -2.28. The Morgan fingerprint density at radius 3 is 2.40 bits per heavy atom. The minimum Gasteiger partial charge on any atom is -0.376 e. The molecule has 6 nitrogen and oxygen atoms in total. The molecule has 0 fully saturated rings. The van der Waals surface area contributed by atoms with Crippen LogP contribution < -0.4 is 15.2 Å². The van der Waals surface area contributed by atoms with Crippen molar-refractivity contribution in [1.29, 1.82) is 0 Å². The fourth-order valence-corrected chi connectivity index (χ4v) is 2.76. The van der Waals surface area contributed by atoms with Gasteiger partial charge in [0.1, 0.15) is 4.90 Å². The molecule has 0 saturated heterocycles. The van der Waals surface area contributed by atoms with Gasteiger partial charge in [-0.2, -0.15) is 0 Å². The highest BCUT2D eigenvalue weighted by molar-refractivity contribution is 7.92. The number of nitrogens with zero attached hydrogens (tertiary/aromatic N) is 1. The maximum atomic E-state index is 12.2. The van der Waals surface area contributed by atoms with Gasteiger partial charge in [-0.1, -0.05) is 12.1 Å². The number of aromatic nitrogens is 1. The minimum atomic E-state index is -3.73. The van der Waals surface area contributed by atoms with E-state index in [1.54, 1.807) is 12.1 Å². The van der Waals surface area contributed by atoms with E-state index in [-0.39, 0.29) is 10.5 Å². The second-order valence-corrected chi connectivity index (χ2v) is 6.09. The van der Waals surface area contributed by atoms with E-state index in [0.29, 0.717) is 5.69 Å². The van der Waals surface area contributed by atoms with Crippen LogP contribution in [-0.4, -0.2) is 27.5 Å². The molecule has 0 atom stereocenters. The van der Waals surface area contributed by atoms with Gasteiger partial charge < -0.3 is 9.88 Å². The van der Waals surface area contributed by atoms with Crippen LogP contribution in [-0.2, 0) is 10.0 Å². The first-order valence-electron chi connectivity index (χ1n) is 5.88. The van der Waals surface area contributed by atoms with Gasteiger partial charge in [-0.3, -0.25) is 9.52 Å². The van der Waals surface area contributed by atoms with Gasteiger partial charge in [-0.05, 0) is 18.2 Å². The van der Waals surface area contributed by atoms with Crippen molar-refractivity contribution in [3.8, 4) is 0 Å².